The van der Waals surface area contributed by atoms with Gasteiger partial charge in [-0.3, -0.25) is 14.4 Å². The molecular weight excluding hydrogens is 937 g/mol. The summed E-state index contributed by atoms with van der Waals surface area (Å²) in [5.41, 5.74) is 0. The van der Waals surface area contributed by atoms with Gasteiger partial charge in [0.25, 0.3) is 0 Å². The zero-order valence-corrected chi connectivity index (χ0v) is 49.5. The van der Waals surface area contributed by atoms with Gasteiger partial charge in [-0.15, -0.1) is 0 Å². The molecule has 0 fully saturated rings. The number of esters is 3. The van der Waals surface area contributed by atoms with E-state index in [-0.39, 0.29) is 37.5 Å². The van der Waals surface area contributed by atoms with Gasteiger partial charge in [-0.05, 0) is 109 Å². The van der Waals surface area contributed by atoms with Crippen LogP contribution in [0.1, 0.15) is 284 Å². The van der Waals surface area contributed by atoms with E-state index in [1.165, 1.54) is 116 Å². The molecule has 0 aliphatic rings. The Morgan fingerprint density at radius 2 is 0.513 bits per heavy atom. The first-order valence-corrected chi connectivity index (χ1v) is 31.5. The predicted octanol–water partition coefficient (Wildman–Crippen LogP) is 21.6. The Kier molecular flexibility index (Phi) is 59.9. The molecule has 0 spiro atoms. The molecule has 0 N–H and O–H groups in total. The minimum Gasteiger partial charge on any atom is -0.462 e. The summed E-state index contributed by atoms with van der Waals surface area (Å²) in [6, 6.07) is 0. The monoisotopic (exact) mass is 1050 g/mol. The molecule has 0 saturated heterocycles. The Morgan fingerprint density at radius 3 is 0.816 bits per heavy atom. The van der Waals surface area contributed by atoms with Gasteiger partial charge < -0.3 is 14.2 Å². The number of hydrogen-bond acceptors (Lipinski definition) is 6. The largest absolute Gasteiger partial charge is 0.462 e. The highest BCUT2D eigenvalue weighted by Crippen LogP contribution is 2.16. The molecule has 0 saturated carbocycles. The lowest BCUT2D eigenvalue weighted by Crippen LogP contribution is -2.30. The third-order valence-electron chi connectivity index (χ3n) is 13.2. The fourth-order valence-corrected chi connectivity index (χ4v) is 8.56. The van der Waals surface area contributed by atoms with Crippen LogP contribution in [0.5, 0.6) is 0 Å². The van der Waals surface area contributed by atoms with Crippen molar-refractivity contribution >= 4 is 17.9 Å². The SMILES string of the molecule is CC/C=C\C/C=C\C/C=C\C/C=C\C/C=C\CCCCCCCCCCCCCCCCCC(=O)OCC(COC(=O)CCCCCCCCCC)OC(=O)CCCCC/C=C\C/C=C\C/C=C\C/C=C\C/C=C\CC. The number of rotatable bonds is 56. The maximum absolute atomic E-state index is 12.8. The van der Waals surface area contributed by atoms with Crippen molar-refractivity contribution in [3.8, 4) is 0 Å². The Morgan fingerprint density at radius 1 is 0.276 bits per heavy atom. The lowest BCUT2D eigenvalue weighted by atomic mass is 10.0. The van der Waals surface area contributed by atoms with Crippen LogP contribution in [0.25, 0.3) is 0 Å². The van der Waals surface area contributed by atoms with E-state index in [2.05, 4.69) is 142 Å². The summed E-state index contributed by atoms with van der Waals surface area (Å²) in [4.78, 5) is 38.1. The summed E-state index contributed by atoms with van der Waals surface area (Å²) in [7, 11) is 0. The topological polar surface area (TPSA) is 78.9 Å². The van der Waals surface area contributed by atoms with Crippen LogP contribution >= 0.6 is 0 Å². The Labute approximate surface area is 469 Å². The zero-order chi connectivity index (χ0) is 55.0. The minimum atomic E-state index is -0.795. The average Bonchev–Trinajstić information content (AvgIpc) is 3.42. The van der Waals surface area contributed by atoms with Crippen LogP contribution in [-0.2, 0) is 28.6 Å². The van der Waals surface area contributed by atoms with E-state index in [9.17, 15) is 14.4 Å². The second kappa shape index (κ2) is 63.3. The zero-order valence-electron chi connectivity index (χ0n) is 49.5. The molecule has 0 rings (SSSR count). The second-order valence-electron chi connectivity index (χ2n) is 20.6. The standard InChI is InChI=1S/C70H116O6/c1-4-7-10-13-16-19-21-23-25-27-29-30-31-32-33-34-35-36-37-38-39-40-42-43-45-47-49-51-54-57-60-63-69(72)75-66-67(65-74-68(71)62-59-56-53-18-15-12-9-6-3)76-70(73)64-61-58-55-52-50-48-46-44-41-28-26-24-22-20-17-14-11-8-5-2/h7-8,10-11,16-17,19-20,23-26,29-30,32-33,41,44,48,50,67H,4-6,9,12-15,18,21-22,27-28,31,34-40,42-43,45-47,49,51-66H2,1-3H3/b10-7-,11-8-,19-16-,20-17-,25-23-,26-24-,30-29-,33-32-,44-41-,50-48-. The second-order valence-corrected chi connectivity index (χ2v) is 20.6. The lowest BCUT2D eigenvalue weighted by molar-refractivity contribution is -0.167. The van der Waals surface area contributed by atoms with Gasteiger partial charge in [0.1, 0.15) is 13.2 Å². The molecular formula is C70H116O6. The molecule has 0 aromatic rings. The molecule has 0 aliphatic carbocycles. The van der Waals surface area contributed by atoms with Crippen LogP contribution in [0.2, 0.25) is 0 Å². The fourth-order valence-electron chi connectivity index (χ4n) is 8.56. The number of carbonyl (C=O) groups excluding carboxylic acids is 3. The van der Waals surface area contributed by atoms with Crippen molar-refractivity contribution in [1.82, 2.24) is 0 Å². The normalized spacial score (nSPS) is 12.9. The third kappa shape index (κ3) is 60.7. The van der Waals surface area contributed by atoms with Crippen molar-refractivity contribution < 1.29 is 28.6 Å². The van der Waals surface area contributed by atoms with Gasteiger partial charge in [0.2, 0.25) is 0 Å². The number of ether oxygens (including phenoxy) is 3. The quantitative estimate of drug-likeness (QED) is 0.0261. The first kappa shape index (κ1) is 71.8. The van der Waals surface area contributed by atoms with Crippen LogP contribution in [0.4, 0.5) is 0 Å². The summed E-state index contributed by atoms with van der Waals surface area (Å²) < 4.78 is 16.8. The summed E-state index contributed by atoms with van der Waals surface area (Å²) in [6.45, 7) is 6.36. The maximum atomic E-state index is 12.8. The van der Waals surface area contributed by atoms with Gasteiger partial charge in [0.15, 0.2) is 6.10 Å². The molecule has 1 unspecified atom stereocenters. The van der Waals surface area contributed by atoms with Gasteiger partial charge in [0.05, 0.1) is 0 Å². The summed E-state index contributed by atoms with van der Waals surface area (Å²) in [5.74, 6) is -0.924. The molecule has 6 heteroatoms. The first-order valence-electron chi connectivity index (χ1n) is 31.5. The van der Waals surface area contributed by atoms with Crippen molar-refractivity contribution in [3.63, 3.8) is 0 Å². The smallest absolute Gasteiger partial charge is 0.306 e. The van der Waals surface area contributed by atoms with E-state index in [1.807, 2.05) is 0 Å². The molecule has 0 bridgehead atoms. The van der Waals surface area contributed by atoms with E-state index in [1.54, 1.807) is 0 Å². The van der Waals surface area contributed by atoms with Crippen molar-refractivity contribution in [2.45, 2.75) is 290 Å². The number of unbranched alkanes of at least 4 members (excludes halogenated alkanes) is 25. The van der Waals surface area contributed by atoms with E-state index < -0.39 is 6.10 Å². The van der Waals surface area contributed by atoms with Crippen LogP contribution in [0.15, 0.2) is 122 Å². The summed E-state index contributed by atoms with van der Waals surface area (Å²) >= 11 is 0. The van der Waals surface area contributed by atoms with E-state index in [4.69, 9.17) is 14.2 Å². The molecule has 1 atom stereocenters. The van der Waals surface area contributed by atoms with E-state index >= 15 is 0 Å². The molecule has 0 amide bonds. The predicted molar refractivity (Wildman–Crippen MR) is 330 cm³/mol. The number of allylic oxidation sites excluding steroid dienone is 20. The van der Waals surface area contributed by atoms with Crippen LogP contribution in [0, 0.1) is 0 Å². The number of hydrogen-bond donors (Lipinski definition) is 0. The molecule has 0 aromatic carbocycles. The first-order chi connectivity index (χ1) is 37.5. The molecule has 0 aromatic heterocycles. The average molecular weight is 1050 g/mol. The highest BCUT2D eigenvalue weighted by atomic mass is 16.6. The van der Waals surface area contributed by atoms with Gasteiger partial charge >= 0.3 is 17.9 Å². The number of carbonyl (C=O) groups is 3. The Balaban J connectivity index is 4.17. The minimum absolute atomic E-state index is 0.0909. The Bertz CT molecular complexity index is 1590. The van der Waals surface area contributed by atoms with Crippen molar-refractivity contribution in [2.75, 3.05) is 13.2 Å². The van der Waals surface area contributed by atoms with Crippen molar-refractivity contribution in [2.24, 2.45) is 0 Å². The third-order valence-corrected chi connectivity index (χ3v) is 13.2. The Hall–Kier alpha value is -4.19. The van der Waals surface area contributed by atoms with Crippen LogP contribution in [-0.4, -0.2) is 37.2 Å². The molecule has 0 heterocycles. The van der Waals surface area contributed by atoms with Crippen LogP contribution in [0.3, 0.4) is 0 Å². The highest BCUT2D eigenvalue weighted by Gasteiger charge is 2.19. The lowest BCUT2D eigenvalue weighted by Gasteiger charge is -2.18. The molecule has 6 nitrogen and oxygen atoms in total. The van der Waals surface area contributed by atoms with Crippen LogP contribution < -0.4 is 0 Å². The van der Waals surface area contributed by atoms with Gasteiger partial charge in [-0.1, -0.05) is 277 Å². The van der Waals surface area contributed by atoms with Crippen molar-refractivity contribution in [1.29, 1.82) is 0 Å². The molecule has 432 valence electrons. The van der Waals surface area contributed by atoms with Gasteiger partial charge in [-0.25, -0.2) is 0 Å². The molecule has 0 radical (unpaired) electrons. The summed E-state index contributed by atoms with van der Waals surface area (Å²) in [6.07, 6.45) is 88.0. The summed E-state index contributed by atoms with van der Waals surface area (Å²) in [5, 5.41) is 0. The van der Waals surface area contributed by atoms with Crippen molar-refractivity contribution in [3.05, 3.63) is 122 Å². The van der Waals surface area contributed by atoms with E-state index in [0.29, 0.717) is 12.8 Å². The molecule has 0 aliphatic heterocycles. The maximum Gasteiger partial charge on any atom is 0.306 e. The van der Waals surface area contributed by atoms with Gasteiger partial charge in [0, 0.05) is 19.3 Å². The van der Waals surface area contributed by atoms with Gasteiger partial charge in [-0.2, -0.15) is 0 Å². The fraction of sp³-hybridized carbons (Fsp3) is 0.671. The van der Waals surface area contributed by atoms with E-state index in [0.717, 1.165) is 128 Å². The highest BCUT2D eigenvalue weighted by molar-refractivity contribution is 5.71. The molecule has 76 heavy (non-hydrogen) atoms.